The van der Waals surface area contributed by atoms with Gasteiger partial charge in [0.25, 0.3) is 0 Å². The molecule has 0 spiro atoms. The normalized spacial score (nSPS) is 13.8. The monoisotopic (exact) mass is 283 g/mol. The smallest absolute Gasteiger partial charge is 0.0671 e. The highest BCUT2D eigenvalue weighted by Crippen LogP contribution is 2.18. The van der Waals surface area contributed by atoms with E-state index in [1.807, 2.05) is 6.92 Å². The van der Waals surface area contributed by atoms with E-state index in [9.17, 15) is 0 Å². The Bertz CT molecular complexity index is 497. The predicted molar refractivity (Wildman–Crippen MR) is 88.4 cm³/mol. The Morgan fingerprint density at radius 1 is 0.952 bits per heavy atom. The standard InChI is InChI=1S/C19H25NO/c1-3-21-16(2)15-20-19(18-12-8-5-9-13-18)14-17-10-6-4-7-11-17/h4-13,16,19-20H,3,14-15H2,1-2H3. The topological polar surface area (TPSA) is 21.3 Å². The lowest BCUT2D eigenvalue weighted by molar-refractivity contribution is 0.0739. The Labute approximate surface area is 128 Å². The van der Waals surface area contributed by atoms with E-state index in [2.05, 4.69) is 72.9 Å². The summed E-state index contributed by atoms with van der Waals surface area (Å²) in [7, 11) is 0. The van der Waals surface area contributed by atoms with Crippen LogP contribution in [0.4, 0.5) is 0 Å². The van der Waals surface area contributed by atoms with Crippen LogP contribution in [0.15, 0.2) is 60.7 Å². The van der Waals surface area contributed by atoms with Gasteiger partial charge in [-0.1, -0.05) is 60.7 Å². The SMILES string of the molecule is CCOC(C)CNC(Cc1ccccc1)c1ccccc1. The maximum absolute atomic E-state index is 5.62. The predicted octanol–water partition coefficient (Wildman–Crippen LogP) is 3.99. The van der Waals surface area contributed by atoms with Crippen LogP contribution >= 0.6 is 0 Å². The maximum Gasteiger partial charge on any atom is 0.0671 e. The van der Waals surface area contributed by atoms with Crippen molar-refractivity contribution >= 4 is 0 Å². The largest absolute Gasteiger partial charge is 0.377 e. The van der Waals surface area contributed by atoms with E-state index < -0.39 is 0 Å². The zero-order valence-electron chi connectivity index (χ0n) is 13.0. The molecule has 0 heterocycles. The van der Waals surface area contributed by atoms with E-state index in [-0.39, 0.29) is 6.10 Å². The molecular formula is C19H25NO. The van der Waals surface area contributed by atoms with Gasteiger partial charge in [-0.2, -0.15) is 0 Å². The van der Waals surface area contributed by atoms with E-state index in [4.69, 9.17) is 4.74 Å². The molecule has 2 aromatic rings. The maximum atomic E-state index is 5.62. The van der Waals surface area contributed by atoms with Gasteiger partial charge < -0.3 is 10.1 Å². The van der Waals surface area contributed by atoms with Crippen LogP contribution in [0.5, 0.6) is 0 Å². The number of benzene rings is 2. The van der Waals surface area contributed by atoms with E-state index in [0.717, 1.165) is 19.6 Å². The van der Waals surface area contributed by atoms with Crippen molar-refractivity contribution in [3.8, 4) is 0 Å². The van der Waals surface area contributed by atoms with Gasteiger partial charge in [0.15, 0.2) is 0 Å². The van der Waals surface area contributed by atoms with E-state index in [1.54, 1.807) is 0 Å². The van der Waals surface area contributed by atoms with Crippen molar-refractivity contribution in [2.45, 2.75) is 32.4 Å². The molecule has 2 atom stereocenters. The zero-order valence-corrected chi connectivity index (χ0v) is 13.0. The Balaban J connectivity index is 2.04. The number of hydrogen-bond acceptors (Lipinski definition) is 2. The minimum Gasteiger partial charge on any atom is -0.377 e. The van der Waals surface area contributed by atoms with Crippen LogP contribution in [0.3, 0.4) is 0 Å². The van der Waals surface area contributed by atoms with Crippen LogP contribution in [0.2, 0.25) is 0 Å². The summed E-state index contributed by atoms with van der Waals surface area (Å²) >= 11 is 0. The third-order valence-corrected chi connectivity index (χ3v) is 3.59. The highest BCUT2D eigenvalue weighted by molar-refractivity contribution is 5.23. The molecule has 0 aliphatic heterocycles. The second kappa shape index (κ2) is 8.60. The lowest BCUT2D eigenvalue weighted by Crippen LogP contribution is -2.31. The molecular weight excluding hydrogens is 258 g/mol. The number of ether oxygens (including phenoxy) is 1. The molecule has 2 heteroatoms. The van der Waals surface area contributed by atoms with Crippen LogP contribution in [-0.2, 0) is 11.2 Å². The molecule has 0 aromatic heterocycles. The summed E-state index contributed by atoms with van der Waals surface area (Å²) in [5.41, 5.74) is 2.67. The van der Waals surface area contributed by atoms with Gasteiger partial charge in [-0.25, -0.2) is 0 Å². The fraction of sp³-hybridized carbons (Fsp3) is 0.368. The number of nitrogens with one attached hydrogen (secondary N) is 1. The van der Waals surface area contributed by atoms with Gasteiger partial charge in [-0.3, -0.25) is 0 Å². The first kappa shape index (κ1) is 15.7. The molecule has 21 heavy (non-hydrogen) atoms. The lowest BCUT2D eigenvalue weighted by atomic mass is 9.99. The summed E-state index contributed by atoms with van der Waals surface area (Å²) in [5, 5.41) is 3.64. The molecule has 2 rings (SSSR count). The minimum atomic E-state index is 0.233. The van der Waals surface area contributed by atoms with Crippen LogP contribution in [0.1, 0.15) is 31.0 Å². The van der Waals surface area contributed by atoms with Gasteiger partial charge >= 0.3 is 0 Å². The summed E-state index contributed by atoms with van der Waals surface area (Å²) in [6.45, 7) is 5.77. The third-order valence-electron chi connectivity index (χ3n) is 3.59. The average molecular weight is 283 g/mol. The highest BCUT2D eigenvalue weighted by Gasteiger charge is 2.13. The highest BCUT2D eigenvalue weighted by atomic mass is 16.5. The van der Waals surface area contributed by atoms with Crippen molar-refractivity contribution in [2.24, 2.45) is 0 Å². The van der Waals surface area contributed by atoms with Gasteiger partial charge in [-0.15, -0.1) is 0 Å². The van der Waals surface area contributed by atoms with Gasteiger partial charge in [0.1, 0.15) is 0 Å². The van der Waals surface area contributed by atoms with Gasteiger partial charge in [0.2, 0.25) is 0 Å². The van der Waals surface area contributed by atoms with Crippen molar-refractivity contribution in [1.82, 2.24) is 5.32 Å². The molecule has 112 valence electrons. The first-order valence-electron chi connectivity index (χ1n) is 7.73. The van der Waals surface area contributed by atoms with Crippen LogP contribution < -0.4 is 5.32 Å². The third kappa shape index (κ3) is 5.33. The average Bonchev–Trinajstić information content (AvgIpc) is 2.53. The van der Waals surface area contributed by atoms with Gasteiger partial charge in [-0.05, 0) is 31.4 Å². The van der Waals surface area contributed by atoms with Crippen LogP contribution in [-0.4, -0.2) is 19.3 Å². The molecule has 2 unspecified atom stereocenters. The fourth-order valence-electron chi connectivity index (χ4n) is 2.49. The van der Waals surface area contributed by atoms with E-state index in [0.29, 0.717) is 6.04 Å². The van der Waals surface area contributed by atoms with E-state index in [1.165, 1.54) is 11.1 Å². The quantitative estimate of drug-likeness (QED) is 0.791. The summed E-state index contributed by atoms with van der Waals surface area (Å²) < 4.78 is 5.62. The molecule has 0 fully saturated rings. The molecule has 0 saturated heterocycles. The summed E-state index contributed by atoms with van der Waals surface area (Å²) in [6.07, 6.45) is 1.22. The molecule has 0 bridgehead atoms. The van der Waals surface area contributed by atoms with Crippen molar-refractivity contribution in [3.05, 3.63) is 71.8 Å². The Hall–Kier alpha value is -1.64. The van der Waals surface area contributed by atoms with Crippen molar-refractivity contribution in [2.75, 3.05) is 13.2 Å². The number of hydrogen-bond donors (Lipinski definition) is 1. The lowest BCUT2D eigenvalue weighted by Gasteiger charge is -2.22. The number of rotatable bonds is 8. The van der Waals surface area contributed by atoms with Crippen molar-refractivity contribution in [3.63, 3.8) is 0 Å². The van der Waals surface area contributed by atoms with E-state index >= 15 is 0 Å². The summed E-state index contributed by atoms with van der Waals surface area (Å²) in [4.78, 5) is 0. The Morgan fingerprint density at radius 3 is 2.19 bits per heavy atom. The van der Waals surface area contributed by atoms with Crippen molar-refractivity contribution in [1.29, 1.82) is 0 Å². The summed E-state index contributed by atoms with van der Waals surface area (Å²) in [6, 6.07) is 21.6. The minimum absolute atomic E-state index is 0.233. The van der Waals surface area contributed by atoms with Gasteiger partial charge in [0.05, 0.1) is 6.10 Å². The molecule has 0 aliphatic rings. The first-order valence-corrected chi connectivity index (χ1v) is 7.73. The zero-order chi connectivity index (χ0) is 14.9. The molecule has 0 radical (unpaired) electrons. The Kier molecular flexibility index (Phi) is 6.45. The molecule has 0 aliphatic carbocycles. The molecule has 0 amide bonds. The summed E-state index contributed by atoms with van der Waals surface area (Å²) in [5.74, 6) is 0. The molecule has 2 nitrogen and oxygen atoms in total. The second-order valence-corrected chi connectivity index (χ2v) is 5.33. The fourth-order valence-corrected chi connectivity index (χ4v) is 2.49. The first-order chi connectivity index (χ1) is 10.3. The van der Waals surface area contributed by atoms with Gasteiger partial charge in [0, 0.05) is 19.2 Å². The Morgan fingerprint density at radius 2 is 1.57 bits per heavy atom. The van der Waals surface area contributed by atoms with Crippen LogP contribution in [0.25, 0.3) is 0 Å². The molecule has 0 saturated carbocycles. The van der Waals surface area contributed by atoms with Crippen molar-refractivity contribution < 1.29 is 4.74 Å². The molecule has 2 aromatic carbocycles. The van der Waals surface area contributed by atoms with Crippen LogP contribution in [0, 0.1) is 0 Å². The molecule has 1 N–H and O–H groups in total. The second-order valence-electron chi connectivity index (χ2n) is 5.33.